The van der Waals surface area contributed by atoms with E-state index in [1.807, 2.05) is 30.8 Å². The fraction of sp³-hybridized carbons (Fsp3) is 0.471. The molecule has 0 atom stereocenters. The predicted octanol–water partition coefficient (Wildman–Crippen LogP) is 3.61. The number of nitrogens with one attached hydrogen (secondary N) is 1. The minimum absolute atomic E-state index is 0.114. The zero-order valence-electron chi connectivity index (χ0n) is 13.2. The van der Waals surface area contributed by atoms with Gasteiger partial charge in [-0.1, -0.05) is 11.8 Å². The number of carbonyl (C=O) groups excluding carboxylic acids is 1. The molecule has 2 aromatic heterocycles. The second-order valence-electron chi connectivity index (χ2n) is 5.95. The molecule has 122 valence electrons. The van der Waals surface area contributed by atoms with Crippen molar-refractivity contribution >= 4 is 29.0 Å². The third-order valence-corrected chi connectivity index (χ3v) is 6.45. The summed E-state index contributed by atoms with van der Waals surface area (Å²) in [5.41, 5.74) is 2.12. The van der Waals surface area contributed by atoms with Crippen LogP contribution in [0.15, 0.2) is 34.2 Å². The van der Waals surface area contributed by atoms with E-state index < -0.39 is 0 Å². The topological polar surface area (TPSA) is 54.9 Å². The van der Waals surface area contributed by atoms with Crippen molar-refractivity contribution in [2.75, 3.05) is 0 Å². The largest absolute Gasteiger partial charge is 0.353 e. The molecule has 3 rings (SSSR count). The highest BCUT2D eigenvalue weighted by Gasteiger charge is 2.23. The van der Waals surface area contributed by atoms with E-state index in [1.165, 1.54) is 4.34 Å². The Bertz CT molecular complexity index is 636. The number of thiazole rings is 1. The molecule has 1 saturated carbocycles. The Labute approximate surface area is 145 Å². The second kappa shape index (κ2) is 7.93. The van der Waals surface area contributed by atoms with Crippen molar-refractivity contribution in [3.63, 3.8) is 0 Å². The van der Waals surface area contributed by atoms with Gasteiger partial charge in [0.05, 0.1) is 6.42 Å². The lowest BCUT2D eigenvalue weighted by Crippen LogP contribution is -2.38. The molecule has 0 saturated heterocycles. The molecule has 2 aromatic rings. The number of pyridine rings is 1. The monoisotopic (exact) mass is 347 g/mol. The maximum absolute atomic E-state index is 12.1. The van der Waals surface area contributed by atoms with E-state index in [4.69, 9.17) is 0 Å². The standard InChI is InChI=1S/C17H21N3OS2/c1-12-11-22-17(19-12)23-15-4-2-14(3-5-15)20-16(21)10-13-6-8-18-9-7-13/h6-9,11,14-15H,2-5,10H2,1H3,(H,20,21). The van der Waals surface area contributed by atoms with E-state index in [0.717, 1.165) is 36.9 Å². The van der Waals surface area contributed by atoms with Crippen LogP contribution in [0.2, 0.25) is 0 Å². The normalized spacial score (nSPS) is 21.1. The highest BCUT2D eigenvalue weighted by molar-refractivity contribution is 8.01. The lowest BCUT2D eigenvalue weighted by atomic mass is 9.95. The van der Waals surface area contributed by atoms with Gasteiger partial charge in [0.2, 0.25) is 5.91 Å². The first kappa shape index (κ1) is 16.5. The van der Waals surface area contributed by atoms with Crippen molar-refractivity contribution in [2.24, 2.45) is 0 Å². The van der Waals surface area contributed by atoms with Crippen molar-refractivity contribution in [3.05, 3.63) is 41.2 Å². The van der Waals surface area contributed by atoms with E-state index in [1.54, 1.807) is 23.7 Å². The Morgan fingerprint density at radius 1 is 1.30 bits per heavy atom. The average molecular weight is 348 g/mol. The minimum atomic E-state index is 0.114. The van der Waals surface area contributed by atoms with Gasteiger partial charge in [0.25, 0.3) is 0 Å². The van der Waals surface area contributed by atoms with Crippen molar-refractivity contribution in [3.8, 4) is 0 Å². The highest BCUT2D eigenvalue weighted by atomic mass is 32.2. The Morgan fingerprint density at radius 2 is 2.04 bits per heavy atom. The molecular weight excluding hydrogens is 326 g/mol. The average Bonchev–Trinajstić information content (AvgIpc) is 2.95. The lowest BCUT2D eigenvalue weighted by molar-refractivity contribution is -0.121. The van der Waals surface area contributed by atoms with Gasteiger partial charge in [0, 0.05) is 34.8 Å². The van der Waals surface area contributed by atoms with E-state index in [0.29, 0.717) is 17.7 Å². The first-order valence-electron chi connectivity index (χ1n) is 7.96. The number of thioether (sulfide) groups is 1. The molecule has 0 unspecified atom stereocenters. The molecule has 1 aliphatic carbocycles. The number of amides is 1. The van der Waals surface area contributed by atoms with Crippen LogP contribution in [0.25, 0.3) is 0 Å². The fourth-order valence-corrected chi connectivity index (χ4v) is 5.10. The molecule has 0 aliphatic heterocycles. The first-order valence-corrected chi connectivity index (χ1v) is 9.72. The zero-order chi connectivity index (χ0) is 16.1. The Balaban J connectivity index is 1.41. The number of carbonyl (C=O) groups is 1. The second-order valence-corrected chi connectivity index (χ2v) is 8.35. The van der Waals surface area contributed by atoms with Gasteiger partial charge in [0.1, 0.15) is 4.34 Å². The van der Waals surface area contributed by atoms with Crippen molar-refractivity contribution in [2.45, 2.75) is 54.7 Å². The van der Waals surface area contributed by atoms with Crippen LogP contribution in [0.5, 0.6) is 0 Å². The smallest absolute Gasteiger partial charge is 0.224 e. The molecular formula is C17H21N3OS2. The third kappa shape index (κ3) is 5.04. The van der Waals surface area contributed by atoms with Crippen molar-refractivity contribution in [1.82, 2.24) is 15.3 Å². The molecule has 4 nitrogen and oxygen atoms in total. The molecule has 0 bridgehead atoms. The van der Waals surface area contributed by atoms with Gasteiger partial charge in [-0.05, 0) is 50.3 Å². The van der Waals surface area contributed by atoms with E-state index in [2.05, 4.69) is 20.7 Å². The molecule has 1 fully saturated rings. The number of nitrogens with zero attached hydrogens (tertiary/aromatic N) is 2. The molecule has 1 N–H and O–H groups in total. The SMILES string of the molecule is Cc1csc(SC2CCC(NC(=O)Cc3ccncc3)CC2)n1. The zero-order valence-corrected chi connectivity index (χ0v) is 14.8. The summed E-state index contributed by atoms with van der Waals surface area (Å²) >= 11 is 3.63. The van der Waals surface area contributed by atoms with Gasteiger partial charge in [-0.2, -0.15) is 0 Å². The molecule has 23 heavy (non-hydrogen) atoms. The summed E-state index contributed by atoms with van der Waals surface area (Å²) in [6.45, 7) is 2.04. The van der Waals surface area contributed by atoms with Crippen molar-refractivity contribution in [1.29, 1.82) is 0 Å². The number of aromatic nitrogens is 2. The van der Waals surface area contributed by atoms with Crippen LogP contribution >= 0.6 is 23.1 Å². The molecule has 1 aliphatic rings. The number of hydrogen-bond acceptors (Lipinski definition) is 5. The molecule has 0 spiro atoms. The van der Waals surface area contributed by atoms with Gasteiger partial charge in [-0.15, -0.1) is 11.3 Å². The molecule has 6 heteroatoms. The summed E-state index contributed by atoms with van der Waals surface area (Å²) in [6.07, 6.45) is 8.30. The van der Waals surface area contributed by atoms with Crippen LogP contribution in [-0.2, 0) is 11.2 Å². The van der Waals surface area contributed by atoms with E-state index in [-0.39, 0.29) is 5.91 Å². The van der Waals surface area contributed by atoms with Gasteiger partial charge in [-0.3, -0.25) is 9.78 Å². The van der Waals surface area contributed by atoms with Gasteiger partial charge in [-0.25, -0.2) is 4.98 Å². The Kier molecular flexibility index (Phi) is 5.67. The Hall–Kier alpha value is -1.40. The quantitative estimate of drug-likeness (QED) is 0.898. The van der Waals surface area contributed by atoms with Crippen molar-refractivity contribution < 1.29 is 4.79 Å². The maximum atomic E-state index is 12.1. The van der Waals surface area contributed by atoms with Crippen LogP contribution in [0.4, 0.5) is 0 Å². The van der Waals surface area contributed by atoms with Crippen LogP contribution in [0, 0.1) is 6.92 Å². The summed E-state index contributed by atoms with van der Waals surface area (Å²) in [4.78, 5) is 20.6. The van der Waals surface area contributed by atoms with Gasteiger partial charge >= 0.3 is 0 Å². The molecule has 2 heterocycles. The maximum Gasteiger partial charge on any atom is 0.224 e. The number of rotatable bonds is 5. The van der Waals surface area contributed by atoms with Gasteiger partial charge in [0.15, 0.2) is 0 Å². The summed E-state index contributed by atoms with van der Waals surface area (Å²) in [5, 5.41) is 5.91. The van der Waals surface area contributed by atoms with E-state index in [9.17, 15) is 4.79 Å². The summed E-state index contributed by atoms with van der Waals surface area (Å²) in [5.74, 6) is 0.114. The number of aryl methyl sites for hydroxylation is 1. The lowest BCUT2D eigenvalue weighted by Gasteiger charge is -2.28. The fourth-order valence-electron chi connectivity index (χ4n) is 2.82. The predicted molar refractivity (Wildman–Crippen MR) is 94.8 cm³/mol. The molecule has 0 radical (unpaired) electrons. The summed E-state index contributed by atoms with van der Waals surface area (Å²) in [6, 6.07) is 4.10. The summed E-state index contributed by atoms with van der Waals surface area (Å²) in [7, 11) is 0. The van der Waals surface area contributed by atoms with Crippen LogP contribution in [0.1, 0.15) is 36.9 Å². The minimum Gasteiger partial charge on any atom is -0.353 e. The summed E-state index contributed by atoms with van der Waals surface area (Å²) < 4.78 is 1.17. The van der Waals surface area contributed by atoms with Crippen LogP contribution in [0.3, 0.4) is 0 Å². The molecule has 1 amide bonds. The highest BCUT2D eigenvalue weighted by Crippen LogP contribution is 2.35. The molecule has 0 aromatic carbocycles. The first-order chi connectivity index (χ1) is 11.2. The van der Waals surface area contributed by atoms with E-state index >= 15 is 0 Å². The van der Waals surface area contributed by atoms with Crippen LogP contribution in [-0.4, -0.2) is 27.2 Å². The number of hydrogen-bond donors (Lipinski definition) is 1. The van der Waals surface area contributed by atoms with Gasteiger partial charge < -0.3 is 5.32 Å². The van der Waals surface area contributed by atoms with Crippen LogP contribution < -0.4 is 5.32 Å². The third-order valence-electron chi connectivity index (χ3n) is 4.02. The Morgan fingerprint density at radius 3 is 2.70 bits per heavy atom.